The third kappa shape index (κ3) is 5.10. The molecular weight excluding hydrogens is 434 g/mol. The number of para-hydroxylation sites is 1. The molecule has 0 saturated carbocycles. The molecule has 1 N–H and O–H groups in total. The van der Waals surface area contributed by atoms with Gasteiger partial charge in [0.15, 0.2) is 0 Å². The SMILES string of the molecule is CCCOc1ccc(C(=O)N/N=C/c2c(C)n(Cc3ccccc3Cl)c3ccccc23)cc1. The number of nitrogens with zero attached hydrogens (tertiary/aromatic N) is 2. The quantitative estimate of drug-likeness (QED) is 0.252. The Hall–Kier alpha value is -3.57. The second-order valence-corrected chi connectivity index (χ2v) is 8.17. The minimum Gasteiger partial charge on any atom is -0.494 e. The second-order valence-electron chi connectivity index (χ2n) is 7.77. The van der Waals surface area contributed by atoms with Crippen LogP contribution in [-0.4, -0.2) is 23.3 Å². The van der Waals surface area contributed by atoms with Crippen molar-refractivity contribution >= 4 is 34.6 Å². The van der Waals surface area contributed by atoms with E-state index in [0.717, 1.165) is 44.9 Å². The fourth-order valence-corrected chi connectivity index (χ4v) is 3.96. The van der Waals surface area contributed by atoms with Gasteiger partial charge in [-0.15, -0.1) is 0 Å². The number of hydrazone groups is 1. The maximum absolute atomic E-state index is 12.5. The summed E-state index contributed by atoms with van der Waals surface area (Å²) in [7, 11) is 0. The molecule has 1 amide bonds. The molecule has 0 aliphatic heterocycles. The van der Waals surface area contributed by atoms with Crippen molar-refractivity contribution in [2.24, 2.45) is 5.10 Å². The van der Waals surface area contributed by atoms with Crippen molar-refractivity contribution in [2.75, 3.05) is 6.61 Å². The molecular formula is C27H26ClN3O2. The summed E-state index contributed by atoms with van der Waals surface area (Å²) >= 11 is 6.40. The van der Waals surface area contributed by atoms with E-state index in [1.54, 1.807) is 30.5 Å². The zero-order chi connectivity index (χ0) is 23.2. The molecule has 0 aliphatic carbocycles. The molecule has 1 heterocycles. The largest absolute Gasteiger partial charge is 0.494 e. The number of rotatable bonds is 8. The van der Waals surface area contributed by atoms with E-state index in [0.29, 0.717) is 18.7 Å². The Bertz CT molecular complexity index is 1290. The predicted octanol–water partition coefficient (Wildman–Crippen LogP) is 6.20. The Morgan fingerprint density at radius 1 is 1.06 bits per heavy atom. The Kier molecular flexibility index (Phi) is 7.10. The number of carbonyl (C=O) groups excluding carboxylic acids is 1. The summed E-state index contributed by atoms with van der Waals surface area (Å²) in [4.78, 5) is 12.5. The number of carbonyl (C=O) groups is 1. The molecule has 0 bridgehead atoms. The van der Waals surface area contributed by atoms with Crippen LogP contribution in [0.1, 0.15) is 40.5 Å². The average Bonchev–Trinajstić information content (AvgIpc) is 3.10. The van der Waals surface area contributed by atoms with Crippen molar-refractivity contribution in [2.45, 2.75) is 26.8 Å². The van der Waals surface area contributed by atoms with E-state index in [2.05, 4.69) is 41.1 Å². The van der Waals surface area contributed by atoms with E-state index in [1.807, 2.05) is 36.4 Å². The summed E-state index contributed by atoms with van der Waals surface area (Å²) in [6, 6.07) is 23.1. The number of fused-ring (bicyclic) bond motifs is 1. The highest BCUT2D eigenvalue weighted by atomic mass is 35.5. The summed E-state index contributed by atoms with van der Waals surface area (Å²) in [6.07, 6.45) is 2.64. The molecule has 4 rings (SSSR count). The molecule has 5 nitrogen and oxygen atoms in total. The zero-order valence-electron chi connectivity index (χ0n) is 18.7. The van der Waals surface area contributed by atoms with Crippen LogP contribution in [0.3, 0.4) is 0 Å². The normalized spacial score (nSPS) is 11.2. The second kappa shape index (κ2) is 10.4. The number of hydrogen-bond donors (Lipinski definition) is 1. The first-order valence-corrected chi connectivity index (χ1v) is 11.3. The maximum Gasteiger partial charge on any atom is 0.271 e. The van der Waals surface area contributed by atoms with Crippen LogP contribution < -0.4 is 10.2 Å². The van der Waals surface area contributed by atoms with Crippen molar-refractivity contribution in [1.29, 1.82) is 0 Å². The van der Waals surface area contributed by atoms with E-state index in [1.165, 1.54) is 0 Å². The Balaban J connectivity index is 1.54. The van der Waals surface area contributed by atoms with E-state index in [4.69, 9.17) is 16.3 Å². The average molecular weight is 460 g/mol. The Morgan fingerprint density at radius 2 is 1.79 bits per heavy atom. The fraction of sp³-hybridized carbons (Fsp3) is 0.185. The van der Waals surface area contributed by atoms with Crippen LogP contribution in [0.2, 0.25) is 5.02 Å². The molecule has 0 fully saturated rings. The lowest BCUT2D eigenvalue weighted by Crippen LogP contribution is -2.17. The Labute approximate surface area is 198 Å². The van der Waals surface area contributed by atoms with Crippen LogP contribution in [0.15, 0.2) is 77.9 Å². The van der Waals surface area contributed by atoms with Crippen LogP contribution in [-0.2, 0) is 6.54 Å². The zero-order valence-corrected chi connectivity index (χ0v) is 19.5. The van der Waals surface area contributed by atoms with Gasteiger partial charge < -0.3 is 9.30 Å². The lowest BCUT2D eigenvalue weighted by molar-refractivity contribution is 0.0955. The topological polar surface area (TPSA) is 55.6 Å². The van der Waals surface area contributed by atoms with Gasteiger partial charge in [0, 0.05) is 39.3 Å². The first-order valence-electron chi connectivity index (χ1n) is 11.0. The molecule has 33 heavy (non-hydrogen) atoms. The minimum absolute atomic E-state index is 0.272. The van der Waals surface area contributed by atoms with Crippen LogP contribution in [0.25, 0.3) is 10.9 Å². The van der Waals surface area contributed by atoms with Crippen LogP contribution in [0.5, 0.6) is 5.75 Å². The van der Waals surface area contributed by atoms with Crippen molar-refractivity contribution < 1.29 is 9.53 Å². The van der Waals surface area contributed by atoms with Crippen LogP contribution in [0.4, 0.5) is 0 Å². The highest BCUT2D eigenvalue weighted by Gasteiger charge is 2.14. The predicted molar refractivity (Wildman–Crippen MR) is 135 cm³/mol. The van der Waals surface area contributed by atoms with Gasteiger partial charge in [0.05, 0.1) is 12.8 Å². The van der Waals surface area contributed by atoms with Gasteiger partial charge in [-0.3, -0.25) is 4.79 Å². The Morgan fingerprint density at radius 3 is 2.55 bits per heavy atom. The molecule has 0 atom stereocenters. The van der Waals surface area contributed by atoms with Gasteiger partial charge in [-0.05, 0) is 55.3 Å². The summed E-state index contributed by atoms with van der Waals surface area (Å²) in [5.74, 6) is 0.476. The number of nitrogens with one attached hydrogen (secondary N) is 1. The molecule has 3 aromatic carbocycles. The van der Waals surface area contributed by atoms with Crippen LogP contribution >= 0.6 is 11.6 Å². The summed E-state index contributed by atoms with van der Waals surface area (Å²) < 4.78 is 7.78. The fourth-order valence-electron chi connectivity index (χ4n) is 3.76. The highest BCUT2D eigenvalue weighted by molar-refractivity contribution is 6.31. The summed E-state index contributed by atoms with van der Waals surface area (Å²) in [6.45, 7) is 5.41. The molecule has 0 spiro atoms. The van der Waals surface area contributed by atoms with Gasteiger partial charge in [-0.1, -0.05) is 54.9 Å². The van der Waals surface area contributed by atoms with E-state index in [-0.39, 0.29) is 5.91 Å². The van der Waals surface area contributed by atoms with E-state index < -0.39 is 0 Å². The maximum atomic E-state index is 12.5. The molecule has 168 valence electrons. The molecule has 1 aromatic heterocycles. The van der Waals surface area contributed by atoms with Gasteiger partial charge in [-0.2, -0.15) is 5.10 Å². The molecule has 4 aromatic rings. The van der Waals surface area contributed by atoms with Crippen molar-refractivity contribution in [3.8, 4) is 5.75 Å². The molecule has 0 radical (unpaired) electrons. The first kappa shape index (κ1) is 22.6. The van der Waals surface area contributed by atoms with Gasteiger partial charge >= 0.3 is 0 Å². The van der Waals surface area contributed by atoms with Crippen LogP contribution in [0, 0.1) is 6.92 Å². The lowest BCUT2D eigenvalue weighted by atomic mass is 10.1. The standard InChI is InChI=1S/C27H26ClN3O2/c1-3-16-33-22-14-12-20(13-15-22)27(32)30-29-17-24-19(2)31(26-11-7-5-9-23(24)26)18-21-8-4-6-10-25(21)28/h4-15,17H,3,16,18H2,1-2H3,(H,30,32)/b29-17+. The minimum atomic E-state index is -0.272. The molecule has 6 heteroatoms. The monoisotopic (exact) mass is 459 g/mol. The number of halogens is 1. The van der Waals surface area contributed by atoms with Gasteiger partial charge in [0.1, 0.15) is 5.75 Å². The van der Waals surface area contributed by atoms with E-state index >= 15 is 0 Å². The molecule has 0 aliphatic rings. The number of hydrogen-bond acceptors (Lipinski definition) is 3. The lowest BCUT2D eigenvalue weighted by Gasteiger charge is -2.10. The number of aromatic nitrogens is 1. The van der Waals surface area contributed by atoms with Crippen molar-refractivity contribution in [1.82, 2.24) is 9.99 Å². The molecule has 0 unspecified atom stereocenters. The van der Waals surface area contributed by atoms with Gasteiger partial charge in [-0.25, -0.2) is 5.43 Å². The summed E-state index contributed by atoms with van der Waals surface area (Å²) in [5.41, 5.74) is 7.29. The highest BCUT2D eigenvalue weighted by Crippen LogP contribution is 2.27. The number of ether oxygens (including phenoxy) is 1. The number of benzene rings is 3. The number of amides is 1. The van der Waals surface area contributed by atoms with Crippen molar-refractivity contribution in [3.05, 3.63) is 100 Å². The van der Waals surface area contributed by atoms with E-state index in [9.17, 15) is 4.79 Å². The summed E-state index contributed by atoms with van der Waals surface area (Å²) in [5, 5.41) is 6.05. The first-order chi connectivity index (χ1) is 16.1. The smallest absolute Gasteiger partial charge is 0.271 e. The molecule has 0 saturated heterocycles. The van der Waals surface area contributed by atoms with Gasteiger partial charge in [0.2, 0.25) is 0 Å². The van der Waals surface area contributed by atoms with Crippen molar-refractivity contribution in [3.63, 3.8) is 0 Å². The third-order valence-corrected chi connectivity index (χ3v) is 5.88. The van der Waals surface area contributed by atoms with Gasteiger partial charge in [0.25, 0.3) is 5.91 Å². The third-order valence-electron chi connectivity index (χ3n) is 5.52.